The Morgan fingerprint density at radius 3 is 2.17 bits per heavy atom. The van der Waals surface area contributed by atoms with Crippen LogP contribution in [0.5, 0.6) is 0 Å². The highest BCUT2D eigenvalue weighted by atomic mass is 16.4. The van der Waals surface area contributed by atoms with Crippen LogP contribution in [0.3, 0.4) is 0 Å². The Labute approximate surface area is 69.8 Å². The van der Waals surface area contributed by atoms with Crippen molar-refractivity contribution >= 4 is 6.29 Å². The maximum Gasteiger partial charge on any atom is 0.138 e. The number of carbonyl (C=O) groups excluding carboxylic acids is 1. The van der Waals surface area contributed by atoms with Gasteiger partial charge in [-0.15, -0.1) is 0 Å². The molecule has 0 fully saturated rings. The number of hydrogen-bond acceptors (Lipinski definition) is 6. The first-order chi connectivity index (χ1) is 5.54. The minimum Gasteiger partial charge on any atom is -0.394 e. The minimum atomic E-state index is -1.39. The van der Waals surface area contributed by atoms with Gasteiger partial charge in [0.1, 0.15) is 12.4 Å². The summed E-state index contributed by atoms with van der Waals surface area (Å²) in [4.78, 5) is 10.1. The lowest BCUT2D eigenvalue weighted by Gasteiger charge is -2.24. The molecule has 7 N–H and O–H groups in total. The molecule has 6 nitrogen and oxygen atoms in total. The van der Waals surface area contributed by atoms with Crippen LogP contribution in [0.15, 0.2) is 0 Å². The third kappa shape index (κ3) is 2.84. The highest BCUT2D eigenvalue weighted by Crippen LogP contribution is 1.99. The molecule has 4 atom stereocenters. The third-order valence-electron chi connectivity index (χ3n) is 1.58. The van der Waals surface area contributed by atoms with Crippen molar-refractivity contribution in [3.8, 4) is 0 Å². The number of hydrogen-bond donors (Lipinski definition) is 5. The summed E-state index contributed by atoms with van der Waals surface area (Å²) in [5.74, 6) is 0. The van der Waals surface area contributed by atoms with Crippen LogP contribution in [0.4, 0.5) is 0 Å². The lowest BCUT2D eigenvalue weighted by Crippen LogP contribution is -2.55. The zero-order valence-electron chi connectivity index (χ0n) is 6.50. The Morgan fingerprint density at radius 2 is 1.83 bits per heavy atom. The van der Waals surface area contributed by atoms with Gasteiger partial charge in [-0.2, -0.15) is 0 Å². The smallest absolute Gasteiger partial charge is 0.138 e. The number of aliphatic hydroxyl groups excluding tert-OH is 3. The Bertz CT molecular complexity index is 144. The molecule has 0 saturated heterocycles. The van der Waals surface area contributed by atoms with Crippen molar-refractivity contribution in [2.45, 2.75) is 24.3 Å². The molecular formula is C6H14N2O4. The average molecular weight is 178 g/mol. The summed E-state index contributed by atoms with van der Waals surface area (Å²) < 4.78 is 0. The van der Waals surface area contributed by atoms with Gasteiger partial charge in [-0.1, -0.05) is 0 Å². The van der Waals surface area contributed by atoms with Crippen LogP contribution in [0, 0.1) is 0 Å². The number of nitrogens with two attached hydrogens (primary N) is 2. The molecule has 0 aliphatic rings. The highest BCUT2D eigenvalue weighted by molar-refractivity contribution is 5.58. The molecule has 0 heterocycles. The average Bonchev–Trinajstić information content (AvgIpc) is 2.12. The van der Waals surface area contributed by atoms with Gasteiger partial charge in [0.2, 0.25) is 0 Å². The predicted octanol–water partition coefficient (Wildman–Crippen LogP) is -3.45. The summed E-state index contributed by atoms with van der Waals surface area (Å²) in [5.41, 5.74) is 10.4. The fraction of sp³-hybridized carbons (Fsp3) is 0.833. The van der Waals surface area contributed by atoms with Crippen molar-refractivity contribution < 1.29 is 20.1 Å². The van der Waals surface area contributed by atoms with E-state index in [4.69, 9.17) is 26.8 Å². The second kappa shape index (κ2) is 5.18. The van der Waals surface area contributed by atoms with Gasteiger partial charge in [-0.25, -0.2) is 0 Å². The Kier molecular flexibility index (Phi) is 4.95. The van der Waals surface area contributed by atoms with E-state index in [1.165, 1.54) is 0 Å². The predicted molar refractivity (Wildman–Crippen MR) is 41.1 cm³/mol. The summed E-state index contributed by atoms with van der Waals surface area (Å²) in [6.07, 6.45) is -2.39. The summed E-state index contributed by atoms with van der Waals surface area (Å²) in [7, 11) is 0. The van der Waals surface area contributed by atoms with Gasteiger partial charge >= 0.3 is 0 Å². The summed E-state index contributed by atoms with van der Waals surface area (Å²) in [5, 5.41) is 26.4. The molecule has 0 aliphatic carbocycles. The minimum absolute atomic E-state index is 0.373. The molecule has 0 bridgehead atoms. The molecule has 0 unspecified atom stereocenters. The van der Waals surface area contributed by atoms with Gasteiger partial charge in [0, 0.05) is 0 Å². The molecule has 0 aromatic carbocycles. The van der Waals surface area contributed by atoms with E-state index in [-0.39, 0.29) is 0 Å². The normalized spacial score (nSPS) is 21.1. The Morgan fingerprint density at radius 1 is 1.33 bits per heavy atom. The second-order valence-corrected chi connectivity index (χ2v) is 2.53. The molecule has 0 radical (unpaired) electrons. The third-order valence-corrected chi connectivity index (χ3v) is 1.58. The molecule has 0 aromatic heterocycles. The topological polar surface area (TPSA) is 130 Å². The summed E-state index contributed by atoms with van der Waals surface area (Å²) in [6, 6.07) is -2.11. The molecule has 0 aromatic rings. The van der Waals surface area contributed by atoms with Crippen molar-refractivity contribution in [2.75, 3.05) is 6.61 Å². The van der Waals surface area contributed by atoms with Gasteiger partial charge in [0.25, 0.3) is 0 Å². The fourth-order valence-electron chi connectivity index (χ4n) is 0.683. The second-order valence-electron chi connectivity index (χ2n) is 2.53. The molecule has 0 spiro atoms. The zero-order valence-corrected chi connectivity index (χ0v) is 6.50. The lowest BCUT2D eigenvalue weighted by molar-refractivity contribution is -0.110. The molecular weight excluding hydrogens is 164 g/mol. The monoisotopic (exact) mass is 178 g/mol. The first-order valence-electron chi connectivity index (χ1n) is 3.48. The van der Waals surface area contributed by atoms with Crippen LogP contribution in [-0.4, -0.2) is 52.5 Å². The van der Waals surface area contributed by atoms with Gasteiger partial charge in [0.05, 0.1) is 24.8 Å². The van der Waals surface area contributed by atoms with E-state index in [2.05, 4.69) is 0 Å². The quantitative estimate of drug-likeness (QED) is 0.278. The van der Waals surface area contributed by atoms with Gasteiger partial charge in [-0.3, -0.25) is 0 Å². The van der Waals surface area contributed by atoms with E-state index in [0.29, 0.717) is 6.29 Å². The van der Waals surface area contributed by atoms with E-state index >= 15 is 0 Å². The molecule has 0 saturated carbocycles. The summed E-state index contributed by atoms with van der Waals surface area (Å²) >= 11 is 0. The zero-order chi connectivity index (χ0) is 9.72. The van der Waals surface area contributed by atoms with Crippen LogP contribution in [0.25, 0.3) is 0 Å². The van der Waals surface area contributed by atoms with E-state index in [0.717, 1.165) is 0 Å². The van der Waals surface area contributed by atoms with Gasteiger partial charge < -0.3 is 31.6 Å². The first kappa shape index (κ1) is 11.5. The maximum atomic E-state index is 10.1. The Balaban J connectivity index is 4.07. The van der Waals surface area contributed by atoms with Crippen LogP contribution in [0.2, 0.25) is 0 Å². The largest absolute Gasteiger partial charge is 0.394 e. The highest BCUT2D eigenvalue weighted by Gasteiger charge is 2.27. The number of aliphatic hydroxyl groups is 3. The van der Waals surface area contributed by atoms with Crippen molar-refractivity contribution in [1.82, 2.24) is 0 Å². The van der Waals surface area contributed by atoms with Gasteiger partial charge in [-0.05, 0) is 0 Å². The molecule has 6 heteroatoms. The van der Waals surface area contributed by atoms with Crippen molar-refractivity contribution in [3.63, 3.8) is 0 Å². The first-order valence-corrected chi connectivity index (χ1v) is 3.48. The standard InChI is InChI=1S/C6H14N2O4/c7-3(1-9)5(8)6(12)4(11)2-10/h1,3-6,10-12H,2,7-8H2/t3-,4-,5+,6-/m1/s1. The van der Waals surface area contributed by atoms with Crippen LogP contribution in [-0.2, 0) is 4.79 Å². The molecule has 72 valence electrons. The molecule has 12 heavy (non-hydrogen) atoms. The fourth-order valence-corrected chi connectivity index (χ4v) is 0.683. The summed E-state index contributed by atoms with van der Waals surface area (Å²) in [6.45, 7) is -0.625. The van der Waals surface area contributed by atoms with Crippen LogP contribution >= 0.6 is 0 Å². The number of carbonyl (C=O) groups is 1. The van der Waals surface area contributed by atoms with E-state index in [1.807, 2.05) is 0 Å². The molecule has 0 rings (SSSR count). The van der Waals surface area contributed by atoms with Crippen molar-refractivity contribution in [2.24, 2.45) is 11.5 Å². The van der Waals surface area contributed by atoms with Crippen molar-refractivity contribution in [1.29, 1.82) is 0 Å². The van der Waals surface area contributed by atoms with E-state index in [9.17, 15) is 4.79 Å². The van der Waals surface area contributed by atoms with Crippen molar-refractivity contribution in [3.05, 3.63) is 0 Å². The van der Waals surface area contributed by atoms with Gasteiger partial charge in [0.15, 0.2) is 0 Å². The van der Waals surface area contributed by atoms with Crippen LogP contribution in [0.1, 0.15) is 0 Å². The number of aldehydes is 1. The SMILES string of the molecule is N[C@H]([C@H](O)[C@H](O)CO)[C@H](N)C=O. The maximum absolute atomic E-state index is 10.1. The molecule has 0 amide bonds. The molecule has 0 aliphatic heterocycles. The van der Waals surface area contributed by atoms with Crippen LogP contribution < -0.4 is 11.5 Å². The van der Waals surface area contributed by atoms with E-state index in [1.54, 1.807) is 0 Å². The Hall–Kier alpha value is -0.530. The number of rotatable bonds is 5. The van der Waals surface area contributed by atoms with E-state index < -0.39 is 30.9 Å². The lowest BCUT2D eigenvalue weighted by atomic mass is 10.0.